The number of nitrogens with one attached hydrogen (secondary N) is 3. The SMILES string of the molecule is CCOC(CNC(=O)c1c(C)[nH]c(/C=C2\C(=O)Nc3ccc(F)cc32)c1C)C(=O)N1CCCCC1C(=O)O. The van der Waals surface area contributed by atoms with Crippen molar-refractivity contribution in [3.8, 4) is 0 Å². The number of aliphatic carboxylic acids is 1. The van der Waals surface area contributed by atoms with Gasteiger partial charge in [0.2, 0.25) is 0 Å². The molecular weight excluding hydrogens is 495 g/mol. The molecule has 1 aromatic carbocycles. The maximum absolute atomic E-state index is 13.8. The summed E-state index contributed by atoms with van der Waals surface area (Å²) >= 11 is 0. The van der Waals surface area contributed by atoms with Crippen molar-refractivity contribution in [2.45, 2.75) is 52.2 Å². The number of likely N-dealkylation sites (tertiary alicyclic amines) is 1. The highest BCUT2D eigenvalue weighted by Gasteiger charge is 2.36. The molecule has 2 atom stereocenters. The summed E-state index contributed by atoms with van der Waals surface area (Å²) in [7, 11) is 0. The Morgan fingerprint density at radius 1 is 1.29 bits per heavy atom. The molecule has 3 amide bonds. The topological polar surface area (TPSA) is 141 Å². The fourth-order valence-corrected chi connectivity index (χ4v) is 5.04. The van der Waals surface area contributed by atoms with Crippen LogP contribution in [0, 0.1) is 19.7 Å². The Hall–Kier alpha value is -3.99. The summed E-state index contributed by atoms with van der Waals surface area (Å²) in [5, 5.41) is 15.0. The van der Waals surface area contributed by atoms with Gasteiger partial charge in [0, 0.05) is 35.8 Å². The first kappa shape index (κ1) is 27.1. The van der Waals surface area contributed by atoms with Crippen molar-refractivity contribution in [2.75, 3.05) is 25.0 Å². The lowest BCUT2D eigenvalue weighted by molar-refractivity contribution is -0.157. The average molecular weight is 527 g/mol. The highest BCUT2D eigenvalue weighted by molar-refractivity contribution is 6.34. The van der Waals surface area contributed by atoms with Crippen LogP contribution in [0.2, 0.25) is 0 Å². The van der Waals surface area contributed by atoms with E-state index >= 15 is 0 Å². The molecule has 10 nitrogen and oxygen atoms in total. The van der Waals surface area contributed by atoms with Crippen LogP contribution < -0.4 is 10.6 Å². The number of aromatic nitrogens is 1. The number of carboxylic acids is 1. The quantitative estimate of drug-likeness (QED) is 0.390. The van der Waals surface area contributed by atoms with Crippen molar-refractivity contribution in [1.82, 2.24) is 15.2 Å². The molecule has 3 heterocycles. The van der Waals surface area contributed by atoms with Gasteiger partial charge in [0.1, 0.15) is 11.9 Å². The predicted octanol–water partition coefficient (Wildman–Crippen LogP) is 2.86. The number of carbonyl (C=O) groups is 4. The van der Waals surface area contributed by atoms with Gasteiger partial charge in [0.05, 0.1) is 17.7 Å². The minimum atomic E-state index is -1.06. The number of aryl methyl sites for hydroxylation is 1. The Morgan fingerprint density at radius 2 is 2.05 bits per heavy atom. The van der Waals surface area contributed by atoms with Crippen LogP contribution in [0.4, 0.5) is 10.1 Å². The van der Waals surface area contributed by atoms with Crippen LogP contribution in [-0.2, 0) is 19.1 Å². The van der Waals surface area contributed by atoms with E-state index in [2.05, 4.69) is 15.6 Å². The molecule has 38 heavy (non-hydrogen) atoms. The summed E-state index contributed by atoms with van der Waals surface area (Å²) in [6.07, 6.45) is 2.36. The number of hydrogen-bond donors (Lipinski definition) is 4. The molecule has 1 aromatic heterocycles. The average Bonchev–Trinajstić information content (AvgIpc) is 3.35. The van der Waals surface area contributed by atoms with E-state index < -0.39 is 35.7 Å². The van der Waals surface area contributed by atoms with Crippen molar-refractivity contribution < 1.29 is 33.4 Å². The molecule has 4 N–H and O–H groups in total. The molecule has 2 unspecified atom stereocenters. The molecule has 0 bridgehead atoms. The first-order valence-corrected chi connectivity index (χ1v) is 12.6. The Morgan fingerprint density at radius 3 is 2.76 bits per heavy atom. The lowest BCUT2D eigenvalue weighted by atomic mass is 10.0. The molecular formula is C27H31FN4O6. The zero-order valence-corrected chi connectivity index (χ0v) is 21.5. The molecule has 1 fully saturated rings. The first-order valence-electron chi connectivity index (χ1n) is 12.6. The molecule has 4 rings (SSSR count). The van der Waals surface area contributed by atoms with Crippen LogP contribution in [0.15, 0.2) is 18.2 Å². The highest BCUT2D eigenvalue weighted by atomic mass is 19.1. The van der Waals surface area contributed by atoms with E-state index in [4.69, 9.17) is 4.74 Å². The summed E-state index contributed by atoms with van der Waals surface area (Å²) in [6, 6.07) is 3.13. The maximum atomic E-state index is 13.8. The Balaban J connectivity index is 1.52. The number of fused-ring (bicyclic) bond motifs is 1. The van der Waals surface area contributed by atoms with Crippen LogP contribution in [0.1, 0.15) is 59.1 Å². The first-order chi connectivity index (χ1) is 18.1. The van der Waals surface area contributed by atoms with Crippen LogP contribution in [0.25, 0.3) is 11.6 Å². The number of halogens is 1. The van der Waals surface area contributed by atoms with E-state index in [0.717, 1.165) is 6.42 Å². The van der Waals surface area contributed by atoms with Crippen LogP contribution in [0.3, 0.4) is 0 Å². The zero-order chi connectivity index (χ0) is 27.6. The third-order valence-corrected chi connectivity index (χ3v) is 6.92. The number of nitrogens with zero attached hydrogens (tertiary/aromatic N) is 1. The second-order valence-electron chi connectivity index (χ2n) is 9.40. The van der Waals surface area contributed by atoms with Gasteiger partial charge in [0.25, 0.3) is 17.7 Å². The van der Waals surface area contributed by atoms with Crippen LogP contribution in [-0.4, -0.2) is 70.5 Å². The minimum absolute atomic E-state index is 0.135. The third kappa shape index (κ3) is 5.33. The number of rotatable bonds is 8. The van der Waals surface area contributed by atoms with Crippen molar-refractivity contribution in [3.05, 3.63) is 52.1 Å². The fraction of sp³-hybridized carbons (Fsp3) is 0.407. The van der Waals surface area contributed by atoms with E-state index in [1.807, 2.05) is 0 Å². The van der Waals surface area contributed by atoms with E-state index in [-0.39, 0.29) is 24.6 Å². The smallest absolute Gasteiger partial charge is 0.326 e. The number of carboxylic acid groups (broad SMARTS) is 1. The van der Waals surface area contributed by atoms with Gasteiger partial charge in [-0.2, -0.15) is 0 Å². The van der Waals surface area contributed by atoms with Gasteiger partial charge in [-0.3, -0.25) is 14.4 Å². The summed E-state index contributed by atoms with van der Waals surface area (Å²) in [5.41, 5.74) is 3.20. The molecule has 0 saturated carbocycles. The molecule has 0 aliphatic carbocycles. The fourth-order valence-electron chi connectivity index (χ4n) is 5.04. The van der Waals surface area contributed by atoms with Crippen molar-refractivity contribution in [2.24, 2.45) is 0 Å². The Bertz CT molecular complexity index is 1320. The number of piperidine rings is 1. The Labute approximate surface area is 219 Å². The number of anilines is 1. The molecule has 2 aromatic rings. The monoisotopic (exact) mass is 526 g/mol. The largest absolute Gasteiger partial charge is 0.480 e. The van der Waals surface area contributed by atoms with Gasteiger partial charge in [0.15, 0.2) is 6.10 Å². The Kier molecular flexibility index (Phi) is 7.96. The molecule has 2 aliphatic rings. The van der Waals surface area contributed by atoms with Gasteiger partial charge in [-0.15, -0.1) is 0 Å². The van der Waals surface area contributed by atoms with Crippen molar-refractivity contribution in [3.63, 3.8) is 0 Å². The molecule has 11 heteroatoms. The third-order valence-electron chi connectivity index (χ3n) is 6.92. The number of aromatic amines is 1. The standard InChI is InChI=1S/C27H31FN4O6/c1-4-38-22(26(35)32-10-6-5-7-21(32)27(36)37)13-29-25(34)23-14(2)20(30-15(23)3)12-18-17-11-16(28)8-9-19(17)31-24(18)33/h8-9,11-12,21-22,30H,4-7,10,13H2,1-3H3,(H,29,34)(H,31,33)(H,36,37)/b18-12-. The van der Waals surface area contributed by atoms with Gasteiger partial charge >= 0.3 is 5.97 Å². The second-order valence-corrected chi connectivity index (χ2v) is 9.40. The molecule has 0 radical (unpaired) electrons. The van der Waals surface area contributed by atoms with E-state index in [9.17, 15) is 28.7 Å². The summed E-state index contributed by atoms with van der Waals surface area (Å²) in [5.74, 6) is -2.82. The van der Waals surface area contributed by atoms with Crippen LogP contribution >= 0.6 is 0 Å². The molecule has 1 saturated heterocycles. The number of amides is 3. The number of hydrogen-bond acceptors (Lipinski definition) is 5. The maximum Gasteiger partial charge on any atom is 0.326 e. The van der Waals surface area contributed by atoms with E-state index in [1.54, 1.807) is 26.8 Å². The van der Waals surface area contributed by atoms with Gasteiger partial charge < -0.3 is 30.4 Å². The summed E-state index contributed by atoms with van der Waals surface area (Å²) in [4.78, 5) is 54.9. The van der Waals surface area contributed by atoms with Crippen molar-refractivity contribution >= 4 is 41.0 Å². The molecule has 2 aliphatic heterocycles. The van der Waals surface area contributed by atoms with Crippen LogP contribution in [0.5, 0.6) is 0 Å². The second kappa shape index (κ2) is 11.2. The molecule has 202 valence electrons. The van der Waals surface area contributed by atoms with Crippen molar-refractivity contribution in [1.29, 1.82) is 0 Å². The summed E-state index contributed by atoms with van der Waals surface area (Å²) < 4.78 is 19.4. The number of benzene rings is 1. The lowest BCUT2D eigenvalue weighted by Gasteiger charge is -2.35. The number of H-pyrrole nitrogens is 1. The number of ether oxygens (including phenoxy) is 1. The van der Waals surface area contributed by atoms with E-state index in [0.29, 0.717) is 53.2 Å². The highest BCUT2D eigenvalue weighted by Crippen LogP contribution is 2.34. The van der Waals surface area contributed by atoms with Gasteiger partial charge in [-0.25, -0.2) is 9.18 Å². The van der Waals surface area contributed by atoms with Gasteiger partial charge in [-0.05, 0) is 69.9 Å². The predicted molar refractivity (Wildman–Crippen MR) is 138 cm³/mol. The minimum Gasteiger partial charge on any atom is -0.480 e. The number of carbonyl (C=O) groups excluding carboxylic acids is 3. The molecule has 0 spiro atoms. The lowest BCUT2D eigenvalue weighted by Crippen LogP contribution is -2.54. The summed E-state index contributed by atoms with van der Waals surface area (Å²) in [6.45, 7) is 5.55. The van der Waals surface area contributed by atoms with E-state index in [1.165, 1.54) is 23.1 Å². The zero-order valence-electron chi connectivity index (χ0n) is 21.5. The normalized spacial score (nSPS) is 18.7. The van der Waals surface area contributed by atoms with Gasteiger partial charge in [-0.1, -0.05) is 0 Å².